The van der Waals surface area contributed by atoms with E-state index in [4.69, 9.17) is 19.8 Å². The second-order valence-corrected chi connectivity index (χ2v) is 7.24. The zero-order valence-corrected chi connectivity index (χ0v) is 18.5. The predicted octanol–water partition coefficient (Wildman–Crippen LogP) is 5.10. The third-order valence-corrected chi connectivity index (χ3v) is 4.97. The number of nitriles is 1. The molecule has 3 aromatic carbocycles. The van der Waals surface area contributed by atoms with Gasteiger partial charge in [-0.05, 0) is 66.7 Å². The molecule has 0 aliphatic rings. The lowest BCUT2D eigenvalue weighted by molar-refractivity contribution is -0.111. The Hall–Kier alpha value is -4.83. The lowest BCUT2D eigenvalue weighted by Crippen LogP contribution is -2.07. The third-order valence-electron chi connectivity index (χ3n) is 4.97. The van der Waals surface area contributed by atoms with Crippen LogP contribution in [0.3, 0.4) is 0 Å². The number of amides is 1. The van der Waals surface area contributed by atoms with Crippen molar-refractivity contribution in [2.45, 2.75) is 0 Å². The summed E-state index contributed by atoms with van der Waals surface area (Å²) in [5.74, 6) is 1.04. The van der Waals surface area contributed by atoms with Crippen molar-refractivity contribution in [2.75, 3.05) is 19.0 Å². The Morgan fingerprint density at radius 1 is 1.03 bits per heavy atom. The van der Waals surface area contributed by atoms with Gasteiger partial charge in [0.25, 0.3) is 0 Å². The predicted molar refractivity (Wildman–Crippen MR) is 131 cm³/mol. The molecule has 1 amide bonds. The molecule has 0 saturated carbocycles. The van der Waals surface area contributed by atoms with Crippen molar-refractivity contribution in [3.63, 3.8) is 0 Å². The fraction of sp³-hybridized carbons (Fsp3) is 0.0741. The molecule has 168 valence electrons. The number of ether oxygens (including phenoxy) is 2. The first-order valence-corrected chi connectivity index (χ1v) is 10.5. The fourth-order valence-corrected chi connectivity index (χ4v) is 3.29. The van der Waals surface area contributed by atoms with Crippen LogP contribution < -0.4 is 14.8 Å². The van der Waals surface area contributed by atoms with Crippen molar-refractivity contribution in [1.29, 1.82) is 5.26 Å². The summed E-state index contributed by atoms with van der Waals surface area (Å²) in [5.41, 5.74) is 3.98. The molecule has 4 rings (SSSR count). The van der Waals surface area contributed by atoms with Crippen molar-refractivity contribution in [3.05, 3.63) is 96.7 Å². The number of anilines is 1. The molecule has 0 bridgehead atoms. The molecule has 0 fully saturated rings. The maximum Gasteiger partial charge on any atom is 0.248 e. The van der Waals surface area contributed by atoms with Gasteiger partial charge in [0.05, 0.1) is 18.5 Å². The summed E-state index contributed by atoms with van der Waals surface area (Å²) >= 11 is 0. The maximum absolute atomic E-state index is 12.5. The van der Waals surface area contributed by atoms with Crippen molar-refractivity contribution in [2.24, 2.45) is 0 Å². The van der Waals surface area contributed by atoms with Crippen LogP contribution >= 0.6 is 0 Å². The Labute approximate surface area is 197 Å². The Morgan fingerprint density at radius 2 is 1.74 bits per heavy atom. The molecule has 0 aliphatic carbocycles. The van der Waals surface area contributed by atoms with E-state index < -0.39 is 0 Å². The molecule has 0 saturated heterocycles. The number of aromatic nitrogens is 2. The van der Waals surface area contributed by atoms with Gasteiger partial charge < -0.3 is 14.8 Å². The summed E-state index contributed by atoms with van der Waals surface area (Å²) in [6, 6.07) is 26.1. The largest absolute Gasteiger partial charge is 0.497 e. The van der Waals surface area contributed by atoms with Gasteiger partial charge in [0.1, 0.15) is 17.6 Å². The highest BCUT2D eigenvalue weighted by Crippen LogP contribution is 2.27. The number of nitrogens with zero attached hydrogens (tertiary/aromatic N) is 3. The highest BCUT2D eigenvalue weighted by atomic mass is 16.5. The van der Waals surface area contributed by atoms with Crippen LogP contribution in [-0.2, 0) is 4.79 Å². The van der Waals surface area contributed by atoms with Gasteiger partial charge in [0.15, 0.2) is 6.61 Å². The van der Waals surface area contributed by atoms with Gasteiger partial charge in [0.2, 0.25) is 5.91 Å². The Bertz CT molecular complexity index is 1320. The first kappa shape index (κ1) is 22.4. The summed E-state index contributed by atoms with van der Waals surface area (Å²) < 4.78 is 12.3. The average molecular weight is 450 g/mol. The maximum atomic E-state index is 12.5. The van der Waals surface area contributed by atoms with Crippen LogP contribution in [0.1, 0.15) is 5.56 Å². The van der Waals surface area contributed by atoms with E-state index in [1.54, 1.807) is 42.1 Å². The monoisotopic (exact) mass is 450 g/mol. The molecule has 0 unspecified atom stereocenters. The first-order chi connectivity index (χ1) is 16.7. The molecule has 0 radical (unpaired) electrons. The normalized spacial score (nSPS) is 10.6. The number of hydrogen-bond acceptors (Lipinski definition) is 5. The minimum Gasteiger partial charge on any atom is -0.497 e. The van der Waals surface area contributed by atoms with Crippen LogP contribution in [-0.4, -0.2) is 29.4 Å². The minimum absolute atomic E-state index is 0.0262. The second-order valence-electron chi connectivity index (χ2n) is 7.24. The van der Waals surface area contributed by atoms with E-state index in [-0.39, 0.29) is 12.5 Å². The van der Waals surface area contributed by atoms with Crippen molar-refractivity contribution >= 4 is 17.7 Å². The molecule has 34 heavy (non-hydrogen) atoms. The second kappa shape index (κ2) is 10.7. The third kappa shape index (κ3) is 5.50. The van der Waals surface area contributed by atoms with Gasteiger partial charge in [-0.15, -0.1) is 0 Å². The highest BCUT2D eigenvalue weighted by Gasteiger charge is 2.11. The van der Waals surface area contributed by atoms with Crippen LogP contribution in [0.5, 0.6) is 11.5 Å². The summed E-state index contributed by atoms with van der Waals surface area (Å²) in [6.07, 6.45) is 5.10. The molecule has 1 aromatic heterocycles. The van der Waals surface area contributed by atoms with Crippen molar-refractivity contribution < 1.29 is 14.3 Å². The molecule has 1 N–H and O–H groups in total. The molecular weight excluding hydrogens is 428 g/mol. The van der Waals surface area contributed by atoms with Crippen molar-refractivity contribution in [3.8, 4) is 34.5 Å². The van der Waals surface area contributed by atoms with E-state index >= 15 is 0 Å². The lowest BCUT2D eigenvalue weighted by atomic mass is 10.1. The number of methoxy groups -OCH3 is 1. The summed E-state index contributed by atoms with van der Waals surface area (Å²) in [5, 5.41) is 16.2. The van der Waals surface area contributed by atoms with Crippen LogP contribution in [0.15, 0.2) is 91.1 Å². The van der Waals surface area contributed by atoms with E-state index in [0.29, 0.717) is 11.4 Å². The molecule has 0 spiro atoms. The zero-order chi connectivity index (χ0) is 23.8. The molecular formula is C27H22N4O3. The quantitative estimate of drug-likeness (QED) is 0.377. The highest BCUT2D eigenvalue weighted by molar-refractivity contribution is 6.02. The van der Waals surface area contributed by atoms with E-state index in [1.807, 2.05) is 66.9 Å². The van der Waals surface area contributed by atoms with Gasteiger partial charge in [-0.3, -0.25) is 4.79 Å². The van der Waals surface area contributed by atoms with Gasteiger partial charge in [-0.1, -0.05) is 18.2 Å². The number of rotatable bonds is 8. The SMILES string of the molecule is COc1ccc(-c2nn(-c3ccccc3)cc2/C=C/C(=O)Nc2ccc(OCC#N)cc2)cc1. The number of carbonyl (C=O) groups excluding carboxylic acids is 1. The van der Waals surface area contributed by atoms with Gasteiger partial charge >= 0.3 is 0 Å². The minimum atomic E-state index is -0.279. The molecule has 7 nitrogen and oxygen atoms in total. The topological polar surface area (TPSA) is 89.2 Å². The van der Waals surface area contributed by atoms with Crippen LogP contribution in [0, 0.1) is 11.3 Å². The van der Waals surface area contributed by atoms with E-state index in [0.717, 1.165) is 28.3 Å². The molecule has 4 aromatic rings. The number of para-hydroxylation sites is 1. The summed E-state index contributed by atoms with van der Waals surface area (Å²) in [6.45, 7) is -0.0262. The van der Waals surface area contributed by atoms with E-state index in [9.17, 15) is 4.79 Å². The number of nitrogens with one attached hydrogen (secondary N) is 1. The van der Waals surface area contributed by atoms with E-state index in [1.165, 1.54) is 6.08 Å². The van der Waals surface area contributed by atoms with Crippen LogP contribution in [0.2, 0.25) is 0 Å². The molecule has 1 heterocycles. The van der Waals surface area contributed by atoms with Crippen LogP contribution in [0.25, 0.3) is 23.0 Å². The fourth-order valence-electron chi connectivity index (χ4n) is 3.29. The number of hydrogen-bond donors (Lipinski definition) is 1. The standard InChI is InChI=1S/C27H22N4O3/c1-33-24-12-7-20(8-13-24)27-21(19-31(30-27)23-5-3-2-4-6-23)9-16-26(32)29-22-10-14-25(15-11-22)34-18-17-28/h2-16,19H,18H2,1H3,(H,29,32)/b16-9+. The Balaban J connectivity index is 1.56. The lowest BCUT2D eigenvalue weighted by Gasteiger charge is -2.05. The van der Waals surface area contributed by atoms with Crippen molar-refractivity contribution in [1.82, 2.24) is 9.78 Å². The van der Waals surface area contributed by atoms with Gasteiger partial charge in [-0.2, -0.15) is 10.4 Å². The number of benzene rings is 3. The van der Waals surface area contributed by atoms with Gasteiger partial charge in [-0.25, -0.2) is 4.68 Å². The summed E-state index contributed by atoms with van der Waals surface area (Å²) in [7, 11) is 1.62. The zero-order valence-electron chi connectivity index (χ0n) is 18.5. The Morgan fingerprint density at radius 3 is 2.41 bits per heavy atom. The van der Waals surface area contributed by atoms with E-state index in [2.05, 4.69) is 5.32 Å². The molecule has 7 heteroatoms. The Kier molecular flexibility index (Phi) is 7.01. The molecule has 0 aliphatic heterocycles. The molecule has 0 atom stereocenters. The number of carbonyl (C=O) groups is 1. The summed E-state index contributed by atoms with van der Waals surface area (Å²) in [4.78, 5) is 12.5. The van der Waals surface area contributed by atoms with Gasteiger partial charge in [0, 0.05) is 29.1 Å². The van der Waals surface area contributed by atoms with Crippen LogP contribution in [0.4, 0.5) is 5.69 Å². The first-order valence-electron chi connectivity index (χ1n) is 10.5. The smallest absolute Gasteiger partial charge is 0.248 e. The average Bonchev–Trinajstić information content (AvgIpc) is 3.32.